The lowest BCUT2D eigenvalue weighted by molar-refractivity contribution is -0.132. The van der Waals surface area contributed by atoms with Gasteiger partial charge in [-0.2, -0.15) is 0 Å². The van der Waals surface area contributed by atoms with Crippen LogP contribution in [-0.2, 0) is 16.0 Å². The first-order chi connectivity index (χ1) is 9.00. The van der Waals surface area contributed by atoms with Crippen molar-refractivity contribution in [1.82, 2.24) is 15.2 Å². The molecule has 0 spiro atoms. The second-order valence-electron chi connectivity index (χ2n) is 4.39. The average Bonchev–Trinajstić information content (AvgIpc) is 2.42. The number of likely N-dealkylation sites (N-methyl/N-ethyl adjacent to an activating group) is 1. The Morgan fingerprint density at radius 3 is 2.79 bits per heavy atom. The summed E-state index contributed by atoms with van der Waals surface area (Å²) in [5.74, 6) is -0.476. The predicted molar refractivity (Wildman–Crippen MR) is 72.2 cm³/mol. The van der Waals surface area contributed by atoms with Crippen LogP contribution in [0, 0.1) is 0 Å². The molecule has 1 rings (SSSR count). The fraction of sp³-hybridized carbons (Fsp3) is 0.462. The minimum atomic E-state index is -0.605. The molecule has 0 bridgehead atoms. The summed E-state index contributed by atoms with van der Waals surface area (Å²) in [6, 6.07) is 5.07. The van der Waals surface area contributed by atoms with Crippen molar-refractivity contribution in [1.29, 1.82) is 0 Å². The molecule has 6 heteroatoms. The van der Waals surface area contributed by atoms with Gasteiger partial charge in [-0.3, -0.25) is 14.6 Å². The molecular formula is C13H20N4O2. The van der Waals surface area contributed by atoms with Gasteiger partial charge in [0, 0.05) is 31.9 Å². The maximum absolute atomic E-state index is 11.7. The van der Waals surface area contributed by atoms with Crippen molar-refractivity contribution < 1.29 is 9.59 Å². The van der Waals surface area contributed by atoms with Crippen molar-refractivity contribution in [3.8, 4) is 0 Å². The molecule has 6 nitrogen and oxygen atoms in total. The first kappa shape index (κ1) is 15.1. The van der Waals surface area contributed by atoms with E-state index in [2.05, 4.69) is 10.3 Å². The van der Waals surface area contributed by atoms with Crippen LogP contribution in [0.2, 0.25) is 0 Å². The van der Waals surface area contributed by atoms with Crippen molar-refractivity contribution in [2.45, 2.75) is 19.4 Å². The molecule has 3 N–H and O–H groups in total. The number of hydrogen-bond acceptors (Lipinski definition) is 4. The summed E-state index contributed by atoms with van der Waals surface area (Å²) in [5, 5.41) is 2.49. The molecule has 0 aromatic carbocycles. The van der Waals surface area contributed by atoms with Gasteiger partial charge in [0.2, 0.25) is 11.8 Å². The fourth-order valence-electron chi connectivity index (χ4n) is 1.41. The largest absolute Gasteiger partial charge is 0.346 e. The zero-order valence-electron chi connectivity index (χ0n) is 11.3. The minimum absolute atomic E-state index is 0.0287. The van der Waals surface area contributed by atoms with Crippen molar-refractivity contribution in [3.63, 3.8) is 0 Å². The Morgan fingerprint density at radius 1 is 1.47 bits per heavy atom. The van der Waals surface area contributed by atoms with E-state index in [9.17, 15) is 9.59 Å². The molecule has 0 saturated carbocycles. The van der Waals surface area contributed by atoms with E-state index in [1.54, 1.807) is 25.1 Å². The Bertz CT molecular complexity index is 420. The number of nitrogens with two attached hydrogens (primary N) is 1. The number of nitrogens with one attached hydrogen (secondary N) is 1. The third-order valence-corrected chi connectivity index (χ3v) is 2.68. The summed E-state index contributed by atoms with van der Waals surface area (Å²) in [4.78, 5) is 28.7. The van der Waals surface area contributed by atoms with E-state index >= 15 is 0 Å². The molecule has 1 aromatic heterocycles. The molecule has 0 aliphatic heterocycles. The van der Waals surface area contributed by atoms with Crippen LogP contribution in [0.1, 0.15) is 12.6 Å². The van der Waals surface area contributed by atoms with E-state index in [-0.39, 0.29) is 18.4 Å². The fourth-order valence-corrected chi connectivity index (χ4v) is 1.41. The highest BCUT2D eigenvalue weighted by Crippen LogP contribution is 1.96. The SMILES string of the molecule is C[C@@H](N)C(=O)NCC(=O)N(C)CCc1ccccn1. The summed E-state index contributed by atoms with van der Waals surface area (Å²) < 4.78 is 0. The van der Waals surface area contributed by atoms with E-state index in [0.717, 1.165) is 5.69 Å². The third kappa shape index (κ3) is 5.48. The van der Waals surface area contributed by atoms with Gasteiger partial charge in [0.1, 0.15) is 0 Å². The normalized spacial score (nSPS) is 11.7. The molecule has 0 fully saturated rings. The van der Waals surface area contributed by atoms with Crippen molar-refractivity contribution in [3.05, 3.63) is 30.1 Å². The molecule has 1 aromatic rings. The van der Waals surface area contributed by atoms with E-state index in [1.807, 2.05) is 18.2 Å². The maximum Gasteiger partial charge on any atom is 0.241 e. The molecule has 104 valence electrons. The number of hydrogen-bond donors (Lipinski definition) is 2. The molecule has 0 aliphatic carbocycles. The number of pyridine rings is 1. The lowest BCUT2D eigenvalue weighted by atomic mass is 10.2. The molecular weight excluding hydrogens is 244 g/mol. The Kier molecular flexibility index (Phi) is 5.95. The van der Waals surface area contributed by atoms with Crippen LogP contribution in [0.5, 0.6) is 0 Å². The molecule has 1 atom stereocenters. The Morgan fingerprint density at radius 2 is 2.21 bits per heavy atom. The summed E-state index contributed by atoms with van der Waals surface area (Å²) >= 11 is 0. The van der Waals surface area contributed by atoms with E-state index in [1.165, 1.54) is 0 Å². The van der Waals surface area contributed by atoms with Crippen molar-refractivity contribution in [2.75, 3.05) is 20.1 Å². The van der Waals surface area contributed by atoms with Gasteiger partial charge in [-0.25, -0.2) is 0 Å². The third-order valence-electron chi connectivity index (χ3n) is 2.68. The molecule has 2 amide bonds. The van der Waals surface area contributed by atoms with Gasteiger partial charge in [-0.15, -0.1) is 0 Å². The van der Waals surface area contributed by atoms with Gasteiger partial charge in [-0.1, -0.05) is 6.07 Å². The Balaban J connectivity index is 2.31. The van der Waals surface area contributed by atoms with Gasteiger partial charge in [0.25, 0.3) is 0 Å². The Hall–Kier alpha value is -1.95. The zero-order chi connectivity index (χ0) is 14.3. The van der Waals surface area contributed by atoms with Gasteiger partial charge in [0.15, 0.2) is 0 Å². The molecule has 0 saturated heterocycles. The van der Waals surface area contributed by atoms with Crippen LogP contribution < -0.4 is 11.1 Å². The van der Waals surface area contributed by atoms with Crippen LogP contribution in [-0.4, -0.2) is 47.9 Å². The molecule has 0 unspecified atom stereocenters. The van der Waals surface area contributed by atoms with Crippen molar-refractivity contribution in [2.24, 2.45) is 5.73 Å². The highest BCUT2D eigenvalue weighted by Gasteiger charge is 2.12. The predicted octanol–water partition coefficient (Wildman–Crippen LogP) is -0.454. The molecule has 0 aliphatic rings. The maximum atomic E-state index is 11.7. The summed E-state index contributed by atoms with van der Waals surface area (Å²) in [6.45, 7) is 2.10. The number of carbonyl (C=O) groups excluding carboxylic acids is 2. The molecule has 0 radical (unpaired) electrons. The van der Waals surface area contributed by atoms with Crippen LogP contribution in [0.4, 0.5) is 0 Å². The van der Waals surface area contributed by atoms with Crippen LogP contribution in [0.25, 0.3) is 0 Å². The summed E-state index contributed by atoms with van der Waals surface area (Å²) in [5.41, 5.74) is 6.32. The standard InChI is InChI=1S/C13H20N4O2/c1-10(14)13(19)16-9-12(18)17(2)8-6-11-5-3-4-7-15-11/h3-5,7,10H,6,8-9,14H2,1-2H3,(H,16,19)/t10-/m1/s1. The zero-order valence-corrected chi connectivity index (χ0v) is 11.3. The summed E-state index contributed by atoms with van der Waals surface area (Å²) in [6.07, 6.45) is 2.41. The number of rotatable bonds is 6. The monoisotopic (exact) mass is 264 g/mol. The van der Waals surface area contributed by atoms with Gasteiger partial charge in [0.05, 0.1) is 12.6 Å². The van der Waals surface area contributed by atoms with E-state index in [0.29, 0.717) is 13.0 Å². The quantitative estimate of drug-likeness (QED) is 0.728. The van der Waals surface area contributed by atoms with Crippen LogP contribution in [0.3, 0.4) is 0 Å². The summed E-state index contributed by atoms with van der Waals surface area (Å²) in [7, 11) is 1.70. The number of amides is 2. The lowest BCUT2D eigenvalue weighted by Gasteiger charge is -2.17. The van der Waals surface area contributed by atoms with E-state index in [4.69, 9.17) is 5.73 Å². The number of carbonyl (C=O) groups is 2. The van der Waals surface area contributed by atoms with Crippen LogP contribution >= 0.6 is 0 Å². The average molecular weight is 264 g/mol. The second-order valence-corrected chi connectivity index (χ2v) is 4.39. The lowest BCUT2D eigenvalue weighted by Crippen LogP contribution is -2.44. The highest BCUT2D eigenvalue weighted by molar-refractivity contribution is 5.86. The van der Waals surface area contributed by atoms with Gasteiger partial charge >= 0.3 is 0 Å². The smallest absolute Gasteiger partial charge is 0.241 e. The van der Waals surface area contributed by atoms with Crippen LogP contribution in [0.15, 0.2) is 24.4 Å². The second kappa shape index (κ2) is 7.48. The van der Waals surface area contributed by atoms with Gasteiger partial charge in [-0.05, 0) is 19.1 Å². The first-order valence-electron chi connectivity index (χ1n) is 6.18. The molecule has 19 heavy (non-hydrogen) atoms. The first-order valence-corrected chi connectivity index (χ1v) is 6.18. The number of aromatic nitrogens is 1. The topological polar surface area (TPSA) is 88.3 Å². The van der Waals surface area contributed by atoms with E-state index < -0.39 is 6.04 Å². The number of nitrogens with zero attached hydrogens (tertiary/aromatic N) is 2. The van der Waals surface area contributed by atoms with Gasteiger partial charge < -0.3 is 16.0 Å². The van der Waals surface area contributed by atoms with Crippen molar-refractivity contribution >= 4 is 11.8 Å². The Labute approximate surface area is 113 Å². The minimum Gasteiger partial charge on any atom is -0.346 e. The highest BCUT2D eigenvalue weighted by atomic mass is 16.2. The molecule has 1 heterocycles.